The molecule has 2 aromatic rings. The summed E-state index contributed by atoms with van der Waals surface area (Å²) in [4.78, 5) is 11.2. The Bertz CT molecular complexity index is 569. The second kappa shape index (κ2) is 5.75. The van der Waals surface area contributed by atoms with Crippen molar-refractivity contribution in [2.75, 3.05) is 5.32 Å². The van der Waals surface area contributed by atoms with Crippen molar-refractivity contribution in [1.82, 2.24) is 9.78 Å². The minimum atomic E-state index is -1.04. The van der Waals surface area contributed by atoms with E-state index in [0.717, 1.165) is 0 Å². The molecule has 5 nitrogen and oxygen atoms in total. The van der Waals surface area contributed by atoms with Gasteiger partial charge in [-0.15, -0.1) is 0 Å². The summed E-state index contributed by atoms with van der Waals surface area (Å²) >= 11 is 5.91. The van der Waals surface area contributed by atoms with E-state index >= 15 is 0 Å². The average molecular weight is 280 g/mol. The lowest BCUT2D eigenvalue weighted by atomic mass is 10.1. The van der Waals surface area contributed by atoms with E-state index in [-0.39, 0.29) is 16.6 Å². The number of rotatable bonds is 5. The molecular formula is C13H14ClN3O2. The van der Waals surface area contributed by atoms with Crippen LogP contribution in [0.4, 0.5) is 5.69 Å². The first-order chi connectivity index (χ1) is 9.08. The quantitative estimate of drug-likeness (QED) is 0.883. The Morgan fingerprint density at radius 1 is 1.53 bits per heavy atom. The van der Waals surface area contributed by atoms with Crippen molar-refractivity contribution < 1.29 is 9.90 Å². The zero-order chi connectivity index (χ0) is 13.8. The van der Waals surface area contributed by atoms with E-state index in [4.69, 9.17) is 11.6 Å². The molecule has 19 heavy (non-hydrogen) atoms. The van der Waals surface area contributed by atoms with E-state index in [0.29, 0.717) is 12.2 Å². The fourth-order valence-corrected chi connectivity index (χ4v) is 2.12. The molecule has 0 saturated carbocycles. The van der Waals surface area contributed by atoms with Crippen molar-refractivity contribution in [2.45, 2.75) is 19.5 Å². The lowest BCUT2D eigenvalue weighted by Crippen LogP contribution is -2.23. The third-order valence-corrected chi connectivity index (χ3v) is 2.96. The molecular weight excluding hydrogens is 266 g/mol. The number of aromatic nitrogens is 2. The van der Waals surface area contributed by atoms with Crippen LogP contribution in [0.2, 0.25) is 5.02 Å². The maximum atomic E-state index is 11.2. The summed E-state index contributed by atoms with van der Waals surface area (Å²) in [5, 5.41) is 16.7. The number of halogens is 1. The molecule has 6 heteroatoms. The molecule has 100 valence electrons. The summed E-state index contributed by atoms with van der Waals surface area (Å²) < 4.78 is 1.78. The summed E-state index contributed by atoms with van der Waals surface area (Å²) in [7, 11) is 0. The number of carbonyl (C=O) groups is 1. The van der Waals surface area contributed by atoms with Gasteiger partial charge < -0.3 is 10.4 Å². The zero-order valence-corrected chi connectivity index (χ0v) is 11.1. The van der Waals surface area contributed by atoms with Crippen LogP contribution in [0.3, 0.4) is 0 Å². The highest BCUT2D eigenvalue weighted by atomic mass is 35.5. The number of carboxylic acids is 1. The van der Waals surface area contributed by atoms with Gasteiger partial charge in [-0.1, -0.05) is 17.7 Å². The third kappa shape index (κ3) is 3.26. The third-order valence-electron chi connectivity index (χ3n) is 2.65. The fraction of sp³-hybridized carbons (Fsp3) is 0.231. The lowest BCUT2D eigenvalue weighted by Gasteiger charge is -2.17. The molecule has 1 unspecified atom stereocenters. The highest BCUT2D eigenvalue weighted by Gasteiger charge is 2.15. The van der Waals surface area contributed by atoms with Crippen LogP contribution in [0.1, 0.15) is 17.3 Å². The van der Waals surface area contributed by atoms with Gasteiger partial charge in [0.2, 0.25) is 0 Å². The maximum absolute atomic E-state index is 11.2. The standard InChI is InChI=1S/C13H14ClN3O2/c1-9(8-17-7-3-6-15-17)16-11-5-2-4-10(14)12(11)13(18)19/h2-7,9,16H,8H2,1H3,(H,18,19). The SMILES string of the molecule is CC(Cn1cccn1)Nc1cccc(Cl)c1C(=O)O. The number of nitrogens with zero attached hydrogens (tertiary/aromatic N) is 2. The lowest BCUT2D eigenvalue weighted by molar-refractivity contribution is 0.0698. The van der Waals surface area contributed by atoms with E-state index in [1.54, 1.807) is 29.1 Å². The van der Waals surface area contributed by atoms with Gasteiger partial charge in [-0.05, 0) is 25.1 Å². The molecule has 2 N–H and O–H groups in total. The van der Waals surface area contributed by atoms with E-state index in [1.165, 1.54) is 0 Å². The van der Waals surface area contributed by atoms with Crippen molar-refractivity contribution in [1.29, 1.82) is 0 Å². The predicted molar refractivity (Wildman–Crippen MR) is 73.7 cm³/mol. The second-order valence-corrected chi connectivity index (χ2v) is 4.65. The van der Waals surface area contributed by atoms with E-state index in [2.05, 4.69) is 10.4 Å². The van der Waals surface area contributed by atoms with E-state index in [1.807, 2.05) is 19.2 Å². The Labute approximate surface area is 115 Å². The van der Waals surface area contributed by atoms with Crippen molar-refractivity contribution >= 4 is 23.3 Å². The van der Waals surface area contributed by atoms with E-state index in [9.17, 15) is 9.90 Å². The largest absolute Gasteiger partial charge is 0.478 e. The minimum Gasteiger partial charge on any atom is -0.478 e. The van der Waals surface area contributed by atoms with Crippen molar-refractivity contribution in [3.8, 4) is 0 Å². The first kappa shape index (κ1) is 13.4. The number of hydrogen-bond donors (Lipinski definition) is 2. The number of aromatic carboxylic acids is 1. The van der Waals surface area contributed by atoms with Crippen molar-refractivity contribution in [3.63, 3.8) is 0 Å². The maximum Gasteiger partial charge on any atom is 0.339 e. The van der Waals surface area contributed by atoms with Gasteiger partial charge in [-0.25, -0.2) is 4.79 Å². The molecule has 1 heterocycles. The summed E-state index contributed by atoms with van der Waals surface area (Å²) in [5.74, 6) is -1.04. The predicted octanol–water partition coefficient (Wildman–Crippen LogP) is 2.74. The molecule has 0 amide bonds. The van der Waals surface area contributed by atoms with Crippen molar-refractivity contribution in [3.05, 3.63) is 47.2 Å². The monoisotopic (exact) mass is 279 g/mol. The van der Waals surface area contributed by atoms with Crippen LogP contribution in [0.15, 0.2) is 36.7 Å². The number of anilines is 1. The summed E-state index contributed by atoms with van der Waals surface area (Å²) in [6, 6.07) is 6.85. The first-order valence-electron chi connectivity index (χ1n) is 5.83. The van der Waals surface area contributed by atoms with Gasteiger partial charge in [0.25, 0.3) is 0 Å². The Kier molecular flexibility index (Phi) is 4.06. The molecule has 0 aliphatic rings. The molecule has 2 rings (SSSR count). The van der Waals surface area contributed by atoms with Gasteiger partial charge in [-0.3, -0.25) is 4.68 Å². The zero-order valence-electron chi connectivity index (χ0n) is 10.4. The van der Waals surface area contributed by atoms with Crippen LogP contribution >= 0.6 is 11.6 Å². The number of nitrogens with one attached hydrogen (secondary N) is 1. The number of hydrogen-bond acceptors (Lipinski definition) is 3. The second-order valence-electron chi connectivity index (χ2n) is 4.24. The topological polar surface area (TPSA) is 67.2 Å². The van der Waals surface area contributed by atoms with Crippen LogP contribution in [0, 0.1) is 0 Å². The smallest absolute Gasteiger partial charge is 0.339 e. The van der Waals surface area contributed by atoms with Crippen LogP contribution in [0.25, 0.3) is 0 Å². The molecule has 1 aromatic heterocycles. The summed E-state index contributed by atoms with van der Waals surface area (Å²) in [6.45, 7) is 2.59. The van der Waals surface area contributed by atoms with Crippen LogP contribution in [-0.2, 0) is 6.54 Å². The van der Waals surface area contributed by atoms with E-state index < -0.39 is 5.97 Å². The summed E-state index contributed by atoms with van der Waals surface area (Å²) in [5.41, 5.74) is 0.608. The van der Waals surface area contributed by atoms with Gasteiger partial charge >= 0.3 is 5.97 Å². The minimum absolute atomic E-state index is 0.0245. The summed E-state index contributed by atoms with van der Waals surface area (Å²) in [6.07, 6.45) is 3.56. The molecule has 0 spiro atoms. The average Bonchev–Trinajstić information content (AvgIpc) is 2.81. The van der Waals surface area contributed by atoms with Crippen LogP contribution in [0.5, 0.6) is 0 Å². The molecule has 1 aromatic carbocycles. The van der Waals surface area contributed by atoms with Crippen molar-refractivity contribution in [2.24, 2.45) is 0 Å². The molecule has 0 aliphatic carbocycles. The first-order valence-corrected chi connectivity index (χ1v) is 6.21. The Hall–Kier alpha value is -2.01. The highest BCUT2D eigenvalue weighted by Crippen LogP contribution is 2.25. The van der Waals surface area contributed by atoms with Gasteiger partial charge in [0.1, 0.15) is 5.56 Å². The molecule has 0 aliphatic heterocycles. The van der Waals surface area contributed by atoms with Gasteiger partial charge in [0.15, 0.2) is 0 Å². The Morgan fingerprint density at radius 3 is 2.95 bits per heavy atom. The van der Waals surface area contributed by atoms with Gasteiger partial charge in [-0.2, -0.15) is 5.10 Å². The molecule has 0 bridgehead atoms. The number of benzene rings is 1. The fourth-order valence-electron chi connectivity index (χ4n) is 1.86. The van der Waals surface area contributed by atoms with Gasteiger partial charge in [0.05, 0.1) is 17.3 Å². The Morgan fingerprint density at radius 2 is 2.32 bits per heavy atom. The normalized spacial score (nSPS) is 12.1. The number of carboxylic acid groups (broad SMARTS) is 1. The molecule has 0 fully saturated rings. The Balaban J connectivity index is 2.14. The van der Waals surface area contributed by atoms with Crippen LogP contribution in [-0.4, -0.2) is 26.9 Å². The molecule has 0 saturated heterocycles. The molecule has 1 atom stereocenters. The highest BCUT2D eigenvalue weighted by molar-refractivity contribution is 6.34. The van der Waals surface area contributed by atoms with Crippen LogP contribution < -0.4 is 5.32 Å². The molecule has 0 radical (unpaired) electrons. The van der Waals surface area contributed by atoms with Gasteiger partial charge in [0, 0.05) is 18.4 Å².